The number of nitrogens with zero attached hydrogens (tertiary/aromatic N) is 1. The van der Waals surface area contributed by atoms with Crippen molar-refractivity contribution in [2.45, 2.75) is 45.1 Å². The maximum Gasteiger partial charge on any atom is 0.0794 e. The van der Waals surface area contributed by atoms with Crippen LogP contribution in [0.3, 0.4) is 0 Å². The molecule has 1 aromatic heterocycles. The lowest BCUT2D eigenvalue weighted by Crippen LogP contribution is -2.26. The van der Waals surface area contributed by atoms with Crippen molar-refractivity contribution >= 4 is 11.3 Å². The van der Waals surface area contributed by atoms with Crippen molar-refractivity contribution in [2.24, 2.45) is 5.92 Å². The van der Waals surface area contributed by atoms with Gasteiger partial charge in [0.25, 0.3) is 0 Å². The van der Waals surface area contributed by atoms with Gasteiger partial charge in [0.15, 0.2) is 0 Å². The summed E-state index contributed by atoms with van der Waals surface area (Å²) in [6.45, 7) is 3.45. The van der Waals surface area contributed by atoms with Crippen LogP contribution in [-0.2, 0) is 6.42 Å². The van der Waals surface area contributed by atoms with Crippen LogP contribution in [0.4, 0.5) is 0 Å². The molecule has 1 heterocycles. The third-order valence-corrected chi connectivity index (χ3v) is 3.59. The van der Waals surface area contributed by atoms with Gasteiger partial charge >= 0.3 is 0 Å². The van der Waals surface area contributed by atoms with Crippen molar-refractivity contribution in [3.05, 3.63) is 16.6 Å². The predicted molar refractivity (Wildman–Crippen MR) is 65.2 cm³/mol. The van der Waals surface area contributed by atoms with E-state index in [0.717, 1.165) is 18.4 Å². The van der Waals surface area contributed by atoms with E-state index >= 15 is 0 Å². The van der Waals surface area contributed by atoms with Crippen molar-refractivity contribution in [1.82, 2.24) is 10.3 Å². The zero-order valence-corrected chi connectivity index (χ0v) is 10.2. The topological polar surface area (TPSA) is 24.9 Å². The van der Waals surface area contributed by atoms with E-state index in [2.05, 4.69) is 22.6 Å². The summed E-state index contributed by atoms with van der Waals surface area (Å²) < 4.78 is 0. The Morgan fingerprint density at radius 2 is 2.47 bits per heavy atom. The van der Waals surface area contributed by atoms with Crippen LogP contribution in [0, 0.1) is 5.92 Å². The minimum atomic E-state index is 0.776. The molecule has 1 aliphatic rings. The Balaban J connectivity index is 1.76. The van der Waals surface area contributed by atoms with E-state index in [1.165, 1.54) is 37.9 Å². The molecule has 2 nitrogen and oxygen atoms in total. The van der Waals surface area contributed by atoms with Gasteiger partial charge in [-0.25, -0.2) is 4.98 Å². The fraction of sp³-hybridized carbons (Fsp3) is 0.750. The Morgan fingerprint density at radius 1 is 1.60 bits per heavy atom. The van der Waals surface area contributed by atoms with Gasteiger partial charge in [0.2, 0.25) is 0 Å². The molecule has 1 aliphatic carbocycles. The summed E-state index contributed by atoms with van der Waals surface area (Å²) >= 11 is 1.70. The van der Waals surface area contributed by atoms with Crippen molar-refractivity contribution in [1.29, 1.82) is 0 Å². The van der Waals surface area contributed by atoms with Crippen LogP contribution in [0.25, 0.3) is 0 Å². The number of hydrogen-bond donors (Lipinski definition) is 1. The summed E-state index contributed by atoms with van der Waals surface area (Å²) in [5.74, 6) is 0.776. The average molecular weight is 224 g/mol. The van der Waals surface area contributed by atoms with Gasteiger partial charge in [-0.05, 0) is 38.1 Å². The molecular weight excluding hydrogens is 204 g/mol. The number of rotatable bonds is 7. The molecule has 0 saturated heterocycles. The van der Waals surface area contributed by atoms with Crippen LogP contribution in [0.1, 0.15) is 38.3 Å². The minimum Gasteiger partial charge on any atom is -0.314 e. The molecule has 0 spiro atoms. The lowest BCUT2D eigenvalue weighted by molar-refractivity contribution is 0.434. The first-order valence-corrected chi connectivity index (χ1v) is 6.93. The molecule has 84 valence electrons. The van der Waals surface area contributed by atoms with E-state index in [9.17, 15) is 0 Å². The smallest absolute Gasteiger partial charge is 0.0794 e. The van der Waals surface area contributed by atoms with Crippen LogP contribution in [0.2, 0.25) is 0 Å². The molecule has 1 aromatic rings. The van der Waals surface area contributed by atoms with E-state index < -0.39 is 0 Å². The van der Waals surface area contributed by atoms with Crippen LogP contribution in [-0.4, -0.2) is 17.6 Å². The molecule has 0 bridgehead atoms. The monoisotopic (exact) mass is 224 g/mol. The molecule has 2 rings (SSSR count). The predicted octanol–water partition coefficient (Wildman–Crippen LogP) is 2.85. The maximum atomic E-state index is 4.37. The lowest BCUT2D eigenvalue weighted by Gasteiger charge is -2.15. The van der Waals surface area contributed by atoms with E-state index in [0.29, 0.717) is 0 Å². The minimum absolute atomic E-state index is 0.776. The summed E-state index contributed by atoms with van der Waals surface area (Å²) in [5.41, 5.74) is 3.21. The second-order valence-electron chi connectivity index (χ2n) is 4.52. The number of aromatic nitrogens is 1. The molecule has 1 fully saturated rings. The highest BCUT2D eigenvalue weighted by Gasteiger charge is 2.21. The van der Waals surface area contributed by atoms with Crippen LogP contribution in [0.15, 0.2) is 10.9 Å². The highest BCUT2D eigenvalue weighted by molar-refractivity contribution is 7.07. The lowest BCUT2D eigenvalue weighted by atomic mass is 9.98. The summed E-state index contributed by atoms with van der Waals surface area (Å²) in [5, 5.41) is 5.81. The molecule has 1 unspecified atom stereocenters. The first-order chi connectivity index (χ1) is 7.38. The van der Waals surface area contributed by atoms with Gasteiger partial charge in [0, 0.05) is 11.4 Å². The van der Waals surface area contributed by atoms with Crippen molar-refractivity contribution in [2.75, 3.05) is 6.54 Å². The number of thiazole rings is 1. The van der Waals surface area contributed by atoms with Crippen molar-refractivity contribution in [3.8, 4) is 0 Å². The summed E-state index contributed by atoms with van der Waals surface area (Å²) in [6.07, 6.45) is 6.51. The van der Waals surface area contributed by atoms with E-state index in [4.69, 9.17) is 0 Å². The summed E-state index contributed by atoms with van der Waals surface area (Å²) in [6, 6.07) is 0.833. The zero-order chi connectivity index (χ0) is 10.5. The van der Waals surface area contributed by atoms with E-state index in [1.807, 2.05) is 5.51 Å². The van der Waals surface area contributed by atoms with Gasteiger partial charge < -0.3 is 5.32 Å². The van der Waals surface area contributed by atoms with Gasteiger partial charge in [-0.2, -0.15) is 0 Å². The van der Waals surface area contributed by atoms with Gasteiger partial charge in [0.1, 0.15) is 0 Å². The normalized spacial score (nSPS) is 17.9. The molecule has 0 aliphatic heterocycles. The molecule has 0 aromatic carbocycles. The fourth-order valence-electron chi connectivity index (χ4n) is 1.94. The van der Waals surface area contributed by atoms with Gasteiger partial charge in [0.05, 0.1) is 11.2 Å². The van der Waals surface area contributed by atoms with Crippen LogP contribution in [0.5, 0.6) is 0 Å². The maximum absolute atomic E-state index is 4.37. The molecule has 1 atom stereocenters. The van der Waals surface area contributed by atoms with Crippen molar-refractivity contribution in [3.63, 3.8) is 0 Å². The molecule has 15 heavy (non-hydrogen) atoms. The summed E-state index contributed by atoms with van der Waals surface area (Å²) in [7, 11) is 0. The standard InChI is InChI=1S/C12H20N2S/c1-2-3-10(7-13-11-4-5-11)6-12-8-15-9-14-12/h8-11,13H,2-7H2,1H3. The number of nitrogens with one attached hydrogen (secondary N) is 1. The average Bonchev–Trinajstić information content (AvgIpc) is 2.93. The largest absolute Gasteiger partial charge is 0.314 e. The molecule has 1 saturated carbocycles. The van der Waals surface area contributed by atoms with E-state index in [-0.39, 0.29) is 0 Å². The zero-order valence-electron chi connectivity index (χ0n) is 9.41. The second-order valence-corrected chi connectivity index (χ2v) is 5.24. The first kappa shape index (κ1) is 11.1. The Labute approximate surface area is 96.1 Å². The Bertz CT molecular complexity index is 267. The molecule has 1 N–H and O–H groups in total. The molecular formula is C12H20N2S. The number of hydrogen-bond acceptors (Lipinski definition) is 3. The third-order valence-electron chi connectivity index (χ3n) is 2.95. The highest BCUT2D eigenvalue weighted by Crippen LogP contribution is 2.20. The second kappa shape index (κ2) is 5.61. The van der Waals surface area contributed by atoms with E-state index in [1.54, 1.807) is 11.3 Å². The molecule has 3 heteroatoms. The Morgan fingerprint density at radius 3 is 3.07 bits per heavy atom. The van der Waals surface area contributed by atoms with Gasteiger partial charge in [-0.1, -0.05) is 13.3 Å². The Hall–Kier alpha value is -0.410. The highest BCUT2D eigenvalue weighted by atomic mass is 32.1. The fourth-order valence-corrected chi connectivity index (χ4v) is 2.51. The van der Waals surface area contributed by atoms with Gasteiger partial charge in [-0.15, -0.1) is 11.3 Å². The Kier molecular flexibility index (Phi) is 4.15. The third kappa shape index (κ3) is 3.92. The van der Waals surface area contributed by atoms with Crippen molar-refractivity contribution < 1.29 is 0 Å². The molecule has 0 amide bonds. The SMILES string of the molecule is CCCC(CNC1CC1)Cc1cscn1. The van der Waals surface area contributed by atoms with Gasteiger partial charge in [-0.3, -0.25) is 0 Å². The van der Waals surface area contributed by atoms with Crippen LogP contribution >= 0.6 is 11.3 Å². The van der Waals surface area contributed by atoms with Crippen LogP contribution < -0.4 is 5.32 Å². The molecule has 0 radical (unpaired) electrons. The quantitative estimate of drug-likeness (QED) is 0.770. The summed E-state index contributed by atoms with van der Waals surface area (Å²) in [4.78, 5) is 4.37. The first-order valence-electron chi connectivity index (χ1n) is 5.99.